The van der Waals surface area contributed by atoms with E-state index in [-0.39, 0.29) is 10.6 Å². The van der Waals surface area contributed by atoms with Crippen molar-refractivity contribution in [1.82, 2.24) is 4.98 Å². The van der Waals surface area contributed by atoms with E-state index < -0.39 is 5.97 Å². The van der Waals surface area contributed by atoms with Crippen LogP contribution in [0.25, 0.3) is 0 Å². The molecule has 5 nitrogen and oxygen atoms in total. The normalized spacial score (nSPS) is 16.2. The average molecular weight is 243 g/mol. The van der Waals surface area contributed by atoms with Crippen LogP contribution in [-0.2, 0) is 4.74 Å². The summed E-state index contributed by atoms with van der Waals surface area (Å²) >= 11 is 5.86. The largest absolute Gasteiger partial charge is 0.478 e. The Morgan fingerprint density at radius 1 is 1.50 bits per heavy atom. The average Bonchev–Trinajstić information content (AvgIpc) is 2.29. The quantitative estimate of drug-likeness (QED) is 0.846. The summed E-state index contributed by atoms with van der Waals surface area (Å²) in [7, 11) is 0. The number of ether oxygens (including phenoxy) is 1. The van der Waals surface area contributed by atoms with Crippen LogP contribution in [0.3, 0.4) is 0 Å². The third-order valence-corrected chi connectivity index (χ3v) is 2.72. The van der Waals surface area contributed by atoms with Gasteiger partial charge in [0.05, 0.1) is 18.2 Å². The van der Waals surface area contributed by atoms with Gasteiger partial charge in [-0.15, -0.1) is 0 Å². The Hall–Kier alpha value is -1.33. The second kappa shape index (κ2) is 4.67. The van der Waals surface area contributed by atoms with Gasteiger partial charge in [0.1, 0.15) is 11.4 Å². The lowest BCUT2D eigenvalue weighted by Crippen LogP contribution is -2.37. The zero-order valence-corrected chi connectivity index (χ0v) is 9.28. The van der Waals surface area contributed by atoms with Crippen molar-refractivity contribution in [3.05, 3.63) is 22.8 Å². The molecule has 1 N–H and O–H groups in total. The molecule has 16 heavy (non-hydrogen) atoms. The molecule has 0 unspecified atom stereocenters. The van der Waals surface area contributed by atoms with Crippen molar-refractivity contribution in [1.29, 1.82) is 0 Å². The summed E-state index contributed by atoms with van der Waals surface area (Å²) in [4.78, 5) is 17.1. The van der Waals surface area contributed by atoms with Gasteiger partial charge < -0.3 is 14.7 Å². The molecule has 1 saturated heterocycles. The molecule has 0 radical (unpaired) electrons. The minimum Gasteiger partial charge on any atom is -0.478 e. The molecular formula is C10H11ClN2O3. The van der Waals surface area contributed by atoms with Gasteiger partial charge >= 0.3 is 5.97 Å². The van der Waals surface area contributed by atoms with Gasteiger partial charge in [-0.1, -0.05) is 11.6 Å². The maximum Gasteiger partial charge on any atom is 0.341 e. The summed E-state index contributed by atoms with van der Waals surface area (Å²) in [6.45, 7) is 2.42. The number of nitrogens with zero attached hydrogens (tertiary/aromatic N) is 2. The summed E-state index contributed by atoms with van der Waals surface area (Å²) < 4.78 is 5.20. The van der Waals surface area contributed by atoms with E-state index in [1.165, 1.54) is 12.3 Å². The van der Waals surface area contributed by atoms with Gasteiger partial charge in [-0.3, -0.25) is 0 Å². The summed E-state index contributed by atoms with van der Waals surface area (Å²) in [6.07, 6.45) is 1.51. The Labute approximate surface area is 97.6 Å². The van der Waals surface area contributed by atoms with E-state index in [9.17, 15) is 4.79 Å². The minimum atomic E-state index is -1.06. The Balaban J connectivity index is 2.38. The summed E-state index contributed by atoms with van der Waals surface area (Å²) in [5.41, 5.74) is 0.0612. The molecule has 1 aromatic rings. The number of morpholine rings is 1. The van der Waals surface area contributed by atoms with Crippen LogP contribution in [-0.4, -0.2) is 42.4 Å². The van der Waals surface area contributed by atoms with Crippen molar-refractivity contribution in [2.45, 2.75) is 0 Å². The second-order valence-electron chi connectivity index (χ2n) is 3.40. The number of anilines is 1. The van der Waals surface area contributed by atoms with Crippen LogP contribution >= 0.6 is 11.6 Å². The monoisotopic (exact) mass is 242 g/mol. The molecule has 0 amide bonds. The molecule has 0 saturated carbocycles. The molecule has 0 aromatic carbocycles. The maximum atomic E-state index is 11.1. The highest BCUT2D eigenvalue weighted by molar-refractivity contribution is 6.34. The molecule has 0 atom stereocenters. The summed E-state index contributed by atoms with van der Waals surface area (Å²) in [5.74, 6) is -0.636. The molecule has 1 fully saturated rings. The first-order chi connectivity index (χ1) is 7.70. The standard InChI is InChI=1S/C10H11ClN2O3/c11-7-1-2-12-9(8(7)10(14)15)13-3-5-16-6-4-13/h1-2H,3-6H2,(H,14,15). The Kier molecular flexibility index (Phi) is 3.26. The molecule has 0 bridgehead atoms. The first kappa shape index (κ1) is 11.2. The van der Waals surface area contributed by atoms with E-state index >= 15 is 0 Å². The van der Waals surface area contributed by atoms with Gasteiger partial charge in [0.15, 0.2) is 0 Å². The van der Waals surface area contributed by atoms with Crippen LogP contribution in [0.2, 0.25) is 5.02 Å². The molecule has 6 heteroatoms. The smallest absolute Gasteiger partial charge is 0.341 e. The van der Waals surface area contributed by atoms with Crippen molar-refractivity contribution < 1.29 is 14.6 Å². The van der Waals surface area contributed by atoms with Gasteiger partial charge in [-0.25, -0.2) is 9.78 Å². The maximum absolute atomic E-state index is 11.1. The second-order valence-corrected chi connectivity index (χ2v) is 3.80. The first-order valence-corrected chi connectivity index (χ1v) is 5.28. The van der Waals surface area contributed by atoms with Crippen molar-refractivity contribution in [2.75, 3.05) is 31.2 Å². The number of hydrogen-bond donors (Lipinski definition) is 1. The number of hydrogen-bond acceptors (Lipinski definition) is 4. The SMILES string of the molecule is O=C(O)c1c(Cl)ccnc1N1CCOCC1. The fraction of sp³-hybridized carbons (Fsp3) is 0.400. The lowest BCUT2D eigenvalue weighted by atomic mass is 10.2. The molecule has 1 aliphatic rings. The lowest BCUT2D eigenvalue weighted by Gasteiger charge is -2.28. The van der Waals surface area contributed by atoms with Crippen LogP contribution in [0, 0.1) is 0 Å². The van der Waals surface area contributed by atoms with Crippen LogP contribution in [0.15, 0.2) is 12.3 Å². The fourth-order valence-corrected chi connectivity index (χ4v) is 1.86. The Morgan fingerprint density at radius 2 is 2.19 bits per heavy atom. The topological polar surface area (TPSA) is 62.7 Å². The molecule has 2 rings (SSSR count). The number of rotatable bonds is 2. The van der Waals surface area contributed by atoms with E-state index in [0.29, 0.717) is 32.1 Å². The predicted octanol–water partition coefficient (Wildman–Crippen LogP) is 1.27. The van der Waals surface area contributed by atoms with Gasteiger partial charge in [0.25, 0.3) is 0 Å². The minimum absolute atomic E-state index is 0.0612. The van der Waals surface area contributed by atoms with E-state index in [0.717, 1.165) is 0 Å². The van der Waals surface area contributed by atoms with Gasteiger partial charge in [-0.2, -0.15) is 0 Å². The molecule has 0 aliphatic carbocycles. The van der Waals surface area contributed by atoms with Crippen LogP contribution in [0.5, 0.6) is 0 Å². The molecule has 0 spiro atoms. The van der Waals surface area contributed by atoms with Gasteiger partial charge in [0.2, 0.25) is 0 Å². The first-order valence-electron chi connectivity index (χ1n) is 4.90. The molecule has 2 heterocycles. The van der Waals surface area contributed by atoms with E-state index in [1.807, 2.05) is 4.90 Å². The van der Waals surface area contributed by atoms with Crippen molar-refractivity contribution in [3.8, 4) is 0 Å². The van der Waals surface area contributed by atoms with Crippen molar-refractivity contribution in [3.63, 3.8) is 0 Å². The fourth-order valence-electron chi connectivity index (χ4n) is 1.64. The number of carboxylic acid groups (broad SMARTS) is 1. The molecule has 1 aromatic heterocycles. The zero-order valence-electron chi connectivity index (χ0n) is 8.52. The van der Waals surface area contributed by atoms with Crippen molar-refractivity contribution >= 4 is 23.4 Å². The molecular weight excluding hydrogens is 232 g/mol. The number of aromatic carboxylic acids is 1. The van der Waals surface area contributed by atoms with E-state index in [1.54, 1.807) is 0 Å². The summed E-state index contributed by atoms with van der Waals surface area (Å²) in [6, 6.07) is 1.48. The lowest BCUT2D eigenvalue weighted by molar-refractivity contribution is 0.0696. The highest BCUT2D eigenvalue weighted by Crippen LogP contribution is 2.25. The number of pyridine rings is 1. The van der Waals surface area contributed by atoms with Crippen molar-refractivity contribution in [2.24, 2.45) is 0 Å². The summed E-state index contributed by atoms with van der Waals surface area (Å²) in [5, 5.41) is 9.31. The number of aromatic nitrogens is 1. The Bertz CT molecular complexity index is 405. The third-order valence-electron chi connectivity index (χ3n) is 2.40. The van der Waals surface area contributed by atoms with Crippen LogP contribution < -0.4 is 4.90 Å². The number of halogens is 1. The Morgan fingerprint density at radius 3 is 2.81 bits per heavy atom. The zero-order chi connectivity index (χ0) is 11.5. The molecule has 1 aliphatic heterocycles. The van der Waals surface area contributed by atoms with E-state index in [2.05, 4.69) is 4.98 Å². The highest BCUT2D eigenvalue weighted by atomic mass is 35.5. The van der Waals surface area contributed by atoms with Crippen LogP contribution in [0.4, 0.5) is 5.82 Å². The predicted molar refractivity (Wildman–Crippen MR) is 59.2 cm³/mol. The molecule has 86 valence electrons. The highest BCUT2D eigenvalue weighted by Gasteiger charge is 2.22. The number of carboxylic acids is 1. The third kappa shape index (κ3) is 2.10. The number of carbonyl (C=O) groups is 1. The van der Waals surface area contributed by atoms with Gasteiger partial charge in [0, 0.05) is 19.3 Å². The van der Waals surface area contributed by atoms with E-state index in [4.69, 9.17) is 21.4 Å². The van der Waals surface area contributed by atoms with Crippen LogP contribution in [0.1, 0.15) is 10.4 Å². The van der Waals surface area contributed by atoms with Gasteiger partial charge in [-0.05, 0) is 6.07 Å².